The SMILES string of the molecule is CCOC1CC(NC(=NCC(=O)N(C)C)NCC2CCCN2CC)C12CCCC2.I. The molecule has 0 aromatic carbocycles. The highest BCUT2D eigenvalue weighted by Gasteiger charge is 2.57. The van der Waals surface area contributed by atoms with E-state index in [0.717, 1.165) is 32.1 Å². The van der Waals surface area contributed by atoms with Gasteiger partial charge in [0, 0.05) is 44.7 Å². The van der Waals surface area contributed by atoms with Crippen LogP contribution in [-0.2, 0) is 9.53 Å². The minimum Gasteiger partial charge on any atom is -0.378 e. The molecule has 0 bridgehead atoms. The molecular weight excluding hydrogens is 493 g/mol. The average molecular weight is 536 g/mol. The number of amides is 1. The molecule has 8 heteroatoms. The first-order valence-corrected chi connectivity index (χ1v) is 11.6. The summed E-state index contributed by atoms with van der Waals surface area (Å²) in [5.74, 6) is 0.813. The lowest BCUT2D eigenvalue weighted by Gasteiger charge is -2.54. The Hall–Kier alpha value is -0.610. The number of hydrogen-bond acceptors (Lipinski definition) is 4. The van der Waals surface area contributed by atoms with Gasteiger partial charge in [-0.2, -0.15) is 0 Å². The van der Waals surface area contributed by atoms with Crippen LogP contribution in [0, 0.1) is 5.41 Å². The highest BCUT2D eigenvalue weighted by atomic mass is 127. The van der Waals surface area contributed by atoms with Gasteiger partial charge in [0.05, 0.1) is 6.10 Å². The Balaban J connectivity index is 0.00000320. The number of nitrogens with one attached hydrogen (secondary N) is 2. The molecule has 7 nitrogen and oxygen atoms in total. The van der Waals surface area contributed by atoms with Crippen LogP contribution in [0.2, 0.25) is 0 Å². The molecule has 1 aliphatic heterocycles. The van der Waals surface area contributed by atoms with E-state index in [0.29, 0.717) is 18.2 Å². The number of carbonyl (C=O) groups is 1. The average Bonchev–Trinajstić information content (AvgIpc) is 3.39. The summed E-state index contributed by atoms with van der Waals surface area (Å²) in [6, 6.07) is 0.933. The maximum absolute atomic E-state index is 12.1. The number of nitrogens with zero attached hydrogens (tertiary/aromatic N) is 3. The highest BCUT2D eigenvalue weighted by molar-refractivity contribution is 14.0. The van der Waals surface area contributed by atoms with E-state index < -0.39 is 0 Å². The molecule has 1 heterocycles. The van der Waals surface area contributed by atoms with Crippen molar-refractivity contribution in [2.75, 3.05) is 46.9 Å². The van der Waals surface area contributed by atoms with Gasteiger partial charge in [-0.05, 0) is 52.1 Å². The van der Waals surface area contributed by atoms with Crippen molar-refractivity contribution in [1.29, 1.82) is 0 Å². The third-order valence-corrected chi connectivity index (χ3v) is 7.28. The van der Waals surface area contributed by atoms with Gasteiger partial charge in [-0.25, -0.2) is 4.99 Å². The summed E-state index contributed by atoms with van der Waals surface area (Å²) in [6.45, 7) is 8.43. The standard InChI is InChI=1S/C22H41N5O2.HI/c1-5-27-13-9-10-17(27)15-23-21(24-16-20(28)26(3)4)25-18-14-19(29-6-2)22(18)11-7-8-12-22;/h17-19H,5-16H2,1-4H3,(H2,23,24,25);1H. The second-order valence-electron chi connectivity index (χ2n) is 9.08. The van der Waals surface area contributed by atoms with E-state index in [4.69, 9.17) is 4.74 Å². The van der Waals surface area contributed by atoms with Gasteiger partial charge in [0.1, 0.15) is 6.54 Å². The lowest BCUT2D eigenvalue weighted by Crippen LogP contribution is -2.65. The fourth-order valence-corrected chi connectivity index (χ4v) is 5.45. The second-order valence-corrected chi connectivity index (χ2v) is 9.08. The molecule has 1 amide bonds. The van der Waals surface area contributed by atoms with Crippen molar-refractivity contribution >= 4 is 35.8 Å². The van der Waals surface area contributed by atoms with Gasteiger partial charge >= 0.3 is 0 Å². The van der Waals surface area contributed by atoms with E-state index in [-0.39, 0.29) is 41.8 Å². The van der Waals surface area contributed by atoms with Gasteiger partial charge in [-0.1, -0.05) is 19.8 Å². The third kappa shape index (κ3) is 5.79. The van der Waals surface area contributed by atoms with E-state index in [1.165, 1.54) is 45.1 Å². The smallest absolute Gasteiger partial charge is 0.243 e. The molecule has 1 saturated heterocycles. The van der Waals surface area contributed by atoms with Crippen LogP contribution < -0.4 is 10.6 Å². The van der Waals surface area contributed by atoms with E-state index >= 15 is 0 Å². The molecule has 174 valence electrons. The summed E-state index contributed by atoms with van der Waals surface area (Å²) in [4.78, 5) is 20.9. The Morgan fingerprint density at radius 3 is 2.60 bits per heavy atom. The first-order chi connectivity index (χ1) is 14.0. The molecule has 3 fully saturated rings. The van der Waals surface area contributed by atoms with Crippen molar-refractivity contribution in [2.24, 2.45) is 10.4 Å². The predicted molar refractivity (Wildman–Crippen MR) is 133 cm³/mol. The lowest BCUT2D eigenvalue weighted by molar-refractivity contribution is -0.127. The molecule has 2 saturated carbocycles. The molecule has 3 atom stereocenters. The summed E-state index contributed by atoms with van der Waals surface area (Å²) in [7, 11) is 3.56. The molecule has 0 aromatic heterocycles. The zero-order chi connectivity index (χ0) is 20.9. The van der Waals surface area contributed by atoms with Crippen molar-refractivity contribution < 1.29 is 9.53 Å². The number of aliphatic imine (C=N–C) groups is 1. The molecule has 0 radical (unpaired) electrons. The predicted octanol–water partition coefficient (Wildman–Crippen LogP) is 2.45. The van der Waals surface area contributed by atoms with Gasteiger partial charge in [0.15, 0.2) is 5.96 Å². The lowest BCUT2D eigenvalue weighted by atomic mass is 9.60. The van der Waals surface area contributed by atoms with Crippen LogP contribution >= 0.6 is 24.0 Å². The Morgan fingerprint density at radius 2 is 1.97 bits per heavy atom. The van der Waals surface area contributed by atoms with Crippen molar-refractivity contribution in [3.05, 3.63) is 0 Å². The van der Waals surface area contributed by atoms with Crippen molar-refractivity contribution in [1.82, 2.24) is 20.4 Å². The Labute approximate surface area is 199 Å². The maximum Gasteiger partial charge on any atom is 0.243 e. The normalized spacial score (nSPS) is 28.1. The van der Waals surface area contributed by atoms with Gasteiger partial charge in [0.2, 0.25) is 5.91 Å². The van der Waals surface area contributed by atoms with Crippen LogP contribution in [0.5, 0.6) is 0 Å². The van der Waals surface area contributed by atoms with Crippen LogP contribution in [-0.4, -0.2) is 86.7 Å². The number of hydrogen-bond donors (Lipinski definition) is 2. The number of likely N-dealkylation sites (N-methyl/N-ethyl adjacent to an activating group) is 2. The van der Waals surface area contributed by atoms with Crippen LogP contribution in [0.25, 0.3) is 0 Å². The quantitative estimate of drug-likeness (QED) is 0.284. The highest BCUT2D eigenvalue weighted by Crippen LogP contribution is 2.54. The first kappa shape index (κ1) is 25.6. The van der Waals surface area contributed by atoms with Crippen LogP contribution in [0.15, 0.2) is 4.99 Å². The Morgan fingerprint density at radius 1 is 1.23 bits per heavy atom. The number of guanidine groups is 1. The molecule has 1 spiro atoms. The zero-order valence-corrected chi connectivity index (χ0v) is 21.6. The largest absolute Gasteiger partial charge is 0.378 e. The maximum atomic E-state index is 12.1. The Bertz CT molecular complexity index is 580. The minimum atomic E-state index is 0. The molecular formula is C22H42IN5O2. The molecule has 3 rings (SSSR count). The fraction of sp³-hybridized carbons (Fsp3) is 0.909. The van der Waals surface area contributed by atoms with E-state index in [9.17, 15) is 4.79 Å². The number of carbonyl (C=O) groups excluding carboxylic acids is 1. The van der Waals surface area contributed by atoms with Gasteiger partial charge in [-0.15, -0.1) is 24.0 Å². The molecule has 0 aromatic rings. The Kier molecular flexibility index (Phi) is 10.1. The summed E-state index contributed by atoms with van der Waals surface area (Å²) in [6.07, 6.45) is 8.91. The summed E-state index contributed by atoms with van der Waals surface area (Å²) >= 11 is 0. The number of rotatable bonds is 8. The number of halogens is 1. The molecule has 2 aliphatic carbocycles. The zero-order valence-electron chi connectivity index (χ0n) is 19.3. The van der Waals surface area contributed by atoms with Crippen LogP contribution in [0.3, 0.4) is 0 Å². The van der Waals surface area contributed by atoms with Gasteiger partial charge in [-0.3, -0.25) is 9.69 Å². The summed E-state index contributed by atoms with van der Waals surface area (Å²) in [5, 5.41) is 7.25. The monoisotopic (exact) mass is 535 g/mol. The van der Waals surface area contributed by atoms with Crippen LogP contribution in [0.1, 0.15) is 58.8 Å². The molecule has 30 heavy (non-hydrogen) atoms. The molecule has 3 unspecified atom stereocenters. The first-order valence-electron chi connectivity index (χ1n) is 11.6. The third-order valence-electron chi connectivity index (χ3n) is 7.28. The number of likely N-dealkylation sites (tertiary alicyclic amines) is 1. The van der Waals surface area contributed by atoms with Crippen molar-refractivity contribution in [3.63, 3.8) is 0 Å². The van der Waals surface area contributed by atoms with Gasteiger partial charge in [0.25, 0.3) is 0 Å². The van der Waals surface area contributed by atoms with Crippen molar-refractivity contribution in [3.8, 4) is 0 Å². The summed E-state index contributed by atoms with van der Waals surface area (Å²) in [5.41, 5.74) is 0.243. The van der Waals surface area contributed by atoms with Crippen LogP contribution in [0.4, 0.5) is 0 Å². The van der Waals surface area contributed by atoms with Gasteiger partial charge < -0.3 is 20.3 Å². The molecule has 2 N–H and O–H groups in total. The molecule has 3 aliphatic rings. The second kappa shape index (κ2) is 11.9. The minimum absolute atomic E-state index is 0. The van der Waals surface area contributed by atoms with E-state index in [1.807, 2.05) is 0 Å². The van der Waals surface area contributed by atoms with E-state index in [2.05, 4.69) is 34.4 Å². The fourth-order valence-electron chi connectivity index (χ4n) is 5.45. The topological polar surface area (TPSA) is 69.2 Å². The van der Waals surface area contributed by atoms with E-state index in [1.54, 1.807) is 19.0 Å². The summed E-state index contributed by atoms with van der Waals surface area (Å²) < 4.78 is 6.06. The van der Waals surface area contributed by atoms with Crippen molar-refractivity contribution in [2.45, 2.75) is 77.0 Å². The number of ether oxygens (including phenoxy) is 1.